The lowest BCUT2D eigenvalue weighted by atomic mass is 10.1. The topological polar surface area (TPSA) is 104 Å². The van der Waals surface area contributed by atoms with Crippen molar-refractivity contribution in [2.45, 2.75) is 44.2 Å². The van der Waals surface area contributed by atoms with Gasteiger partial charge in [0, 0.05) is 12.6 Å². The normalized spacial score (nSPS) is 18.0. The first kappa shape index (κ1) is 13.9. The van der Waals surface area contributed by atoms with Gasteiger partial charge < -0.3 is 20.8 Å². The number of nitrogens with zero attached hydrogens (tertiary/aromatic N) is 1. The summed E-state index contributed by atoms with van der Waals surface area (Å²) < 4.78 is 0. The molecule has 0 spiro atoms. The summed E-state index contributed by atoms with van der Waals surface area (Å²) >= 11 is 0. The molecular weight excluding hydrogens is 224 g/mol. The van der Waals surface area contributed by atoms with Crippen molar-refractivity contribution in [1.82, 2.24) is 4.90 Å². The van der Waals surface area contributed by atoms with Gasteiger partial charge in [-0.15, -0.1) is 0 Å². The number of amides is 1. The van der Waals surface area contributed by atoms with E-state index >= 15 is 0 Å². The zero-order valence-electron chi connectivity index (χ0n) is 9.84. The number of carboxylic acids is 1. The fourth-order valence-electron chi connectivity index (χ4n) is 2.28. The van der Waals surface area contributed by atoms with Gasteiger partial charge in [-0.2, -0.15) is 0 Å². The lowest BCUT2D eigenvalue weighted by molar-refractivity contribution is -0.143. The van der Waals surface area contributed by atoms with Crippen LogP contribution in [0.2, 0.25) is 0 Å². The summed E-state index contributed by atoms with van der Waals surface area (Å²) in [6, 6.07) is -0.908. The molecule has 17 heavy (non-hydrogen) atoms. The number of hydrogen-bond donors (Lipinski definition) is 3. The molecule has 1 fully saturated rings. The van der Waals surface area contributed by atoms with Gasteiger partial charge in [-0.3, -0.25) is 9.59 Å². The molecule has 0 aromatic carbocycles. The summed E-state index contributed by atoms with van der Waals surface area (Å²) in [7, 11) is 0. The number of carboxylic acid groups (broad SMARTS) is 1. The third kappa shape index (κ3) is 3.98. The van der Waals surface area contributed by atoms with Crippen LogP contribution in [0.25, 0.3) is 0 Å². The van der Waals surface area contributed by atoms with Crippen LogP contribution < -0.4 is 5.73 Å². The van der Waals surface area contributed by atoms with Crippen molar-refractivity contribution in [2.75, 3.05) is 13.2 Å². The molecule has 0 radical (unpaired) electrons. The second-order valence-electron chi connectivity index (χ2n) is 4.40. The molecule has 1 saturated carbocycles. The van der Waals surface area contributed by atoms with Gasteiger partial charge in [0.2, 0.25) is 5.91 Å². The van der Waals surface area contributed by atoms with Crippen LogP contribution in [0.3, 0.4) is 0 Å². The molecule has 1 rings (SSSR count). The van der Waals surface area contributed by atoms with Gasteiger partial charge >= 0.3 is 5.97 Å². The van der Waals surface area contributed by atoms with E-state index in [0.29, 0.717) is 0 Å². The minimum atomic E-state index is -1.08. The first-order valence-corrected chi connectivity index (χ1v) is 5.95. The van der Waals surface area contributed by atoms with Crippen molar-refractivity contribution >= 4 is 11.9 Å². The van der Waals surface area contributed by atoms with Gasteiger partial charge in [0.1, 0.15) is 0 Å². The van der Waals surface area contributed by atoms with Crippen LogP contribution in [0.15, 0.2) is 0 Å². The van der Waals surface area contributed by atoms with Gasteiger partial charge in [0.05, 0.1) is 19.1 Å². The Balaban J connectivity index is 2.61. The Bertz CT molecular complexity index is 277. The third-order valence-electron chi connectivity index (χ3n) is 3.10. The molecule has 0 heterocycles. The summed E-state index contributed by atoms with van der Waals surface area (Å²) in [4.78, 5) is 24.0. The SMILES string of the molecule is NC(CC(=O)O)C(=O)N(CCO)C1CCCC1. The predicted octanol–water partition coefficient (Wildman–Crippen LogP) is -0.448. The number of carbonyl (C=O) groups excluding carboxylic acids is 1. The molecule has 1 amide bonds. The maximum absolute atomic E-state index is 12.0. The molecule has 98 valence electrons. The first-order chi connectivity index (χ1) is 8.06. The van der Waals surface area contributed by atoms with Crippen LogP contribution in [-0.2, 0) is 9.59 Å². The lowest BCUT2D eigenvalue weighted by Crippen LogP contribution is -2.49. The molecule has 1 aliphatic carbocycles. The minimum Gasteiger partial charge on any atom is -0.481 e. The Morgan fingerprint density at radius 2 is 1.94 bits per heavy atom. The molecule has 1 unspecified atom stereocenters. The van der Waals surface area contributed by atoms with E-state index < -0.39 is 12.0 Å². The molecule has 1 atom stereocenters. The van der Waals surface area contributed by atoms with E-state index in [2.05, 4.69) is 0 Å². The number of nitrogens with two attached hydrogens (primary N) is 1. The highest BCUT2D eigenvalue weighted by molar-refractivity contribution is 5.86. The van der Waals surface area contributed by atoms with Crippen LogP contribution >= 0.6 is 0 Å². The van der Waals surface area contributed by atoms with Gasteiger partial charge in [-0.1, -0.05) is 12.8 Å². The second-order valence-corrected chi connectivity index (χ2v) is 4.40. The van der Waals surface area contributed by atoms with E-state index in [4.69, 9.17) is 15.9 Å². The predicted molar refractivity (Wildman–Crippen MR) is 61.3 cm³/mol. The summed E-state index contributed by atoms with van der Waals surface area (Å²) in [6.07, 6.45) is 3.58. The van der Waals surface area contributed by atoms with Crippen molar-refractivity contribution in [3.05, 3.63) is 0 Å². The summed E-state index contributed by atoms with van der Waals surface area (Å²) in [5, 5.41) is 17.6. The Kier molecular flexibility index (Phi) is 5.37. The molecule has 0 aromatic rings. The number of aliphatic hydroxyl groups excluding tert-OH is 1. The van der Waals surface area contributed by atoms with Crippen molar-refractivity contribution in [2.24, 2.45) is 5.73 Å². The van der Waals surface area contributed by atoms with Crippen LogP contribution in [0.4, 0.5) is 0 Å². The molecular formula is C11H20N2O4. The van der Waals surface area contributed by atoms with E-state index in [0.717, 1.165) is 25.7 Å². The zero-order chi connectivity index (χ0) is 12.8. The van der Waals surface area contributed by atoms with E-state index in [1.807, 2.05) is 0 Å². The number of rotatable bonds is 6. The lowest BCUT2D eigenvalue weighted by Gasteiger charge is -2.30. The maximum Gasteiger partial charge on any atom is 0.305 e. The summed E-state index contributed by atoms with van der Waals surface area (Å²) in [6.45, 7) is 0.110. The van der Waals surface area contributed by atoms with Crippen LogP contribution in [0, 0.1) is 0 Å². The molecule has 6 nitrogen and oxygen atoms in total. The van der Waals surface area contributed by atoms with E-state index in [9.17, 15) is 9.59 Å². The van der Waals surface area contributed by atoms with Crippen LogP contribution in [0.1, 0.15) is 32.1 Å². The fourth-order valence-corrected chi connectivity index (χ4v) is 2.28. The standard InChI is InChI=1S/C11H20N2O4/c12-9(7-10(15)16)11(17)13(5-6-14)8-3-1-2-4-8/h8-9,14H,1-7,12H2,(H,15,16). The highest BCUT2D eigenvalue weighted by Gasteiger charge is 2.30. The van der Waals surface area contributed by atoms with Gasteiger partial charge in [-0.05, 0) is 12.8 Å². The monoisotopic (exact) mass is 244 g/mol. The molecule has 6 heteroatoms. The van der Waals surface area contributed by atoms with Gasteiger partial charge in [0.25, 0.3) is 0 Å². The number of hydrogen-bond acceptors (Lipinski definition) is 4. The molecule has 0 aliphatic heterocycles. The summed E-state index contributed by atoms with van der Waals surface area (Å²) in [5.74, 6) is -1.45. The molecule has 0 saturated heterocycles. The van der Waals surface area contributed by atoms with Crippen LogP contribution in [-0.4, -0.2) is 52.2 Å². The Morgan fingerprint density at radius 3 is 2.41 bits per heavy atom. The number of aliphatic carboxylic acids is 1. The largest absolute Gasteiger partial charge is 0.481 e. The number of carbonyl (C=O) groups is 2. The summed E-state index contributed by atoms with van der Waals surface area (Å²) in [5.41, 5.74) is 5.56. The Labute approximate surface area is 100 Å². The highest BCUT2D eigenvalue weighted by Crippen LogP contribution is 2.23. The third-order valence-corrected chi connectivity index (χ3v) is 3.10. The average Bonchev–Trinajstić information content (AvgIpc) is 2.77. The smallest absolute Gasteiger partial charge is 0.305 e. The number of aliphatic hydroxyl groups is 1. The van der Waals surface area contributed by atoms with Crippen LogP contribution in [0.5, 0.6) is 0 Å². The molecule has 1 aliphatic rings. The van der Waals surface area contributed by atoms with Crippen molar-refractivity contribution in [3.8, 4) is 0 Å². The first-order valence-electron chi connectivity index (χ1n) is 5.95. The molecule has 4 N–H and O–H groups in total. The zero-order valence-corrected chi connectivity index (χ0v) is 9.84. The fraction of sp³-hybridized carbons (Fsp3) is 0.818. The minimum absolute atomic E-state index is 0.106. The van der Waals surface area contributed by atoms with E-state index in [1.165, 1.54) is 0 Å². The van der Waals surface area contributed by atoms with Crippen molar-refractivity contribution in [3.63, 3.8) is 0 Å². The Hall–Kier alpha value is -1.14. The van der Waals surface area contributed by atoms with Crippen molar-refractivity contribution in [1.29, 1.82) is 0 Å². The van der Waals surface area contributed by atoms with Gasteiger partial charge in [-0.25, -0.2) is 0 Å². The quantitative estimate of drug-likeness (QED) is 0.587. The molecule has 0 bridgehead atoms. The average molecular weight is 244 g/mol. The van der Waals surface area contributed by atoms with E-state index in [1.54, 1.807) is 4.90 Å². The maximum atomic E-state index is 12.0. The molecule has 0 aromatic heterocycles. The Morgan fingerprint density at radius 1 is 1.35 bits per heavy atom. The second kappa shape index (κ2) is 6.56. The highest BCUT2D eigenvalue weighted by atomic mass is 16.4. The van der Waals surface area contributed by atoms with Crippen molar-refractivity contribution < 1.29 is 19.8 Å². The van der Waals surface area contributed by atoms with E-state index in [-0.39, 0.29) is 31.5 Å². The van der Waals surface area contributed by atoms with Gasteiger partial charge in [0.15, 0.2) is 0 Å².